The Morgan fingerprint density at radius 2 is 1.95 bits per heavy atom. The Labute approximate surface area is 116 Å². The smallest absolute Gasteiger partial charge is 0.160 e. The minimum Gasteiger partial charge on any atom is -0.493 e. The van der Waals surface area contributed by atoms with E-state index in [9.17, 15) is 0 Å². The summed E-state index contributed by atoms with van der Waals surface area (Å²) in [4.78, 5) is 0. The number of rotatable bonds is 5. The van der Waals surface area contributed by atoms with Crippen molar-refractivity contribution < 1.29 is 9.47 Å². The van der Waals surface area contributed by atoms with Crippen LogP contribution < -0.4 is 14.8 Å². The van der Waals surface area contributed by atoms with Crippen LogP contribution >= 0.6 is 0 Å². The van der Waals surface area contributed by atoms with E-state index in [4.69, 9.17) is 9.47 Å². The molecule has 0 saturated carbocycles. The minimum absolute atomic E-state index is 0.664. The molecular weight excluding hydrogens is 238 g/mol. The van der Waals surface area contributed by atoms with Crippen LogP contribution in [0.4, 0.5) is 0 Å². The fraction of sp³-hybridized carbons (Fsp3) is 0.625. The van der Waals surface area contributed by atoms with E-state index in [1.807, 2.05) is 6.07 Å². The van der Waals surface area contributed by atoms with Crippen molar-refractivity contribution in [2.45, 2.75) is 51.1 Å². The molecule has 1 aliphatic heterocycles. The summed E-state index contributed by atoms with van der Waals surface area (Å²) >= 11 is 0. The van der Waals surface area contributed by atoms with E-state index in [0.29, 0.717) is 12.1 Å². The van der Waals surface area contributed by atoms with Crippen LogP contribution in [0.5, 0.6) is 11.5 Å². The predicted molar refractivity (Wildman–Crippen MR) is 78.1 cm³/mol. The summed E-state index contributed by atoms with van der Waals surface area (Å²) in [5.41, 5.74) is 1.32. The molecule has 1 aromatic carbocycles. The Bertz CT molecular complexity index is 406. The summed E-state index contributed by atoms with van der Waals surface area (Å²) in [7, 11) is 3.36. The Morgan fingerprint density at radius 1 is 1.16 bits per heavy atom. The summed E-state index contributed by atoms with van der Waals surface area (Å²) in [6.45, 7) is 2.28. The number of hydrogen-bond acceptors (Lipinski definition) is 3. The largest absolute Gasteiger partial charge is 0.493 e. The number of methoxy groups -OCH3 is 2. The molecule has 19 heavy (non-hydrogen) atoms. The second kappa shape index (κ2) is 6.80. The predicted octanol–water partition coefficient (Wildman–Crippen LogP) is 3.17. The third-order valence-corrected chi connectivity index (χ3v) is 3.94. The van der Waals surface area contributed by atoms with Gasteiger partial charge >= 0.3 is 0 Å². The second-order valence-corrected chi connectivity index (χ2v) is 5.42. The lowest BCUT2D eigenvalue weighted by molar-refractivity contribution is 0.321. The first kappa shape index (κ1) is 14.2. The van der Waals surface area contributed by atoms with Gasteiger partial charge in [0.1, 0.15) is 0 Å². The van der Waals surface area contributed by atoms with E-state index in [1.165, 1.54) is 31.2 Å². The van der Waals surface area contributed by atoms with Crippen LogP contribution in [-0.2, 0) is 6.42 Å². The first-order valence-corrected chi connectivity index (χ1v) is 7.20. The van der Waals surface area contributed by atoms with Gasteiger partial charge < -0.3 is 14.8 Å². The average molecular weight is 263 g/mol. The number of piperidine rings is 1. The molecule has 3 nitrogen and oxygen atoms in total. The fourth-order valence-electron chi connectivity index (χ4n) is 2.84. The lowest BCUT2D eigenvalue weighted by Crippen LogP contribution is -2.40. The highest BCUT2D eigenvalue weighted by Crippen LogP contribution is 2.28. The van der Waals surface area contributed by atoms with Crippen molar-refractivity contribution in [1.82, 2.24) is 5.32 Å². The van der Waals surface area contributed by atoms with E-state index >= 15 is 0 Å². The molecule has 0 aromatic heterocycles. The maximum absolute atomic E-state index is 5.35. The van der Waals surface area contributed by atoms with Crippen molar-refractivity contribution in [2.75, 3.05) is 14.2 Å². The van der Waals surface area contributed by atoms with Crippen molar-refractivity contribution in [2.24, 2.45) is 0 Å². The second-order valence-electron chi connectivity index (χ2n) is 5.42. The molecule has 1 saturated heterocycles. The first-order chi connectivity index (χ1) is 9.22. The highest BCUT2D eigenvalue weighted by molar-refractivity contribution is 5.42. The van der Waals surface area contributed by atoms with Gasteiger partial charge in [0.05, 0.1) is 14.2 Å². The summed E-state index contributed by atoms with van der Waals surface area (Å²) in [6.07, 6.45) is 6.25. The van der Waals surface area contributed by atoms with Gasteiger partial charge in [0.15, 0.2) is 11.5 Å². The van der Waals surface area contributed by atoms with Gasteiger partial charge in [-0.15, -0.1) is 0 Å². The minimum atomic E-state index is 0.664. The van der Waals surface area contributed by atoms with Gasteiger partial charge in [-0.05, 0) is 50.3 Å². The van der Waals surface area contributed by atoms with Gasteiger partial charge in [0.25, 0.3) is 0 Å². The molecule has 0 radical (unpaired) electrons. The molecule has 1 aromatic rings. The van der Waals surface area contributed by atoms with Gasteiger partial charge in [-0.3, -0.25) is 0 Å². The molecule has 3 heteroatoms. The number of hydrogen-bond donors (Lipinski definition) is 1. The van der Waals surface area contributed by atoms with Crippen LogP contribution in [0.3, 0.4) is 0 Å². The molecular formula is C16H25NO2. The molecule has 1 fully saturated rings. The van der Waals surface area contributed by atoms with Crippen LogP contribution in [0.25, 0.3) is 0 Å². The summed E-state index contributed by atoms with van der Waals surface area (Å²) in [5, 5.41) is 3.68. The molecule has 0 aliphatic carbocycles. The highest BCUT2D eigenvalue weighted by atomic mass is 16.5. The maximum atomic E-state index is 5.35. The number of aryl methyl sites for hydroxylation is 1. The summed E-state index contributed by atoms with van der Waals surface area (Å²) in [6, 6.07) is 7.55. The highest BCUT2D eigenvalue weighted by Gasteiger charge is 2.17. The van der Waals surface area contributed by atoms with Gasteiger partial charge in [-0.1, -0.05) is 12.5 Å². The van der Waals surface area contributed by atoms with E-state index in [0.717, 1.165) is 17.9 Å². The summed E-state index contributed by atoms with van der Waals surface area (Å²) < 4.78 is 10.6. The Kier molecular flexibility index (Phi) is 5.08. The Balaban J connectivity index is 1.92. The quantitative estimate of drug-likeness (QED) is 0.885. The molecule has 2 unspecified atom stereocenters. The zero-order chi connectivity index (χ0) is 13.7. The number of benzene rings is 1. The SMILES string of the molecule is COc1ccc(CCC2CCCC(C)N2)cc1OC. The molecule has 1 N–H and O–H groups in total. The van der Waals surface area contributed by atoms with Gasteiger partial charge in [-0.2, -0.15) is 0 Å². The van der Waals surface area contributed by atoms with Crippen LogP contribution in [0.1, 0.15) is 38.2 Å². The van der Waals surface area contributed by atoms with Crippen LogP contribution in [0.2, 0.25) is 0 Å². The van der Waals surface area contributed by atoms with Crippen molar-refractivity contribution in [3.05, 3.63) is 23.8 Å². The zero-order valence-corrected chi connectivity index (χ0v) is 12.2. The van der Waals surface area contributed by atoms with Crippen LogP contribution in [0.15, 0.2) is 18.2 Å². The molecule has 0 bridgehead atoms. The van der Waals surface area contributed by atoms with E-state index < -0.39 is 0 Å². The Morgan fingerprint density at radius 3 is 2.63 bits per heavy atom. The van der Waals surface area contributed by atoms with E-state index in [1.54, 1.807) is 14.2 Å². The molecule has 2 atom stereocenters. The van der Waals surface area contributed by atoms with E-state index in [-0.39, 0.29) is 0 Å². The Hall–Kier alpha value is -1.22. The standard InChI is InChI=1S/C16H25NO2/c1-12-5-4-6-14(17-12)9-7-13-8-10-15(18-2)16(11-13)19-3/h8,10-12,14,17H,4-7,9H2,1-3H3. The molecule has 0 spiro atoms. The average Bonchev–Trinajstić information content (AvgIpc) is 2.45. The third kappa shape index (κ3) is 3.87. The normalized spacial score (nSPS) is 23.1. The molecule has 0 amide bonds. The summed E-state index contributed by atoms with van der Waals surface area (Å²) in [5.74, 6) is 1.63. The van der Waals surface area contributed by atoms with Gasteiger partial charge in [0.2, 0.25) is 0 Å². The lowest BCUT2D eigenvalue weighted by Gasteiger charge is -2.28. The maximum Gasteiger partial charge on any atom is 0.160 e. The molecule has 106 valence electrons. The van der Waals surface area contributed by atoms with Crippen molar-refractivity contribution in [3.8, 4) is 11.5 Å². The zero-order valence-electron chi connectivity index (χ0n) is 12.2. The van der Waals surface area contributed by atoms with Crippen molar-refractivity contribution >= 4 is 0 Å². The number of nitrogens with one attached hydrogen (secondary N) is 1. The van der Waals surface area contributed by atoms with Gasteiger partial charge in [-0.25, -0.2) is 0 Å². The molecule has 2 rings (SSSR count). The van der Waals surface area contributed by atoms with E-state index in [2.05, 4.69) is 24.4 Å². The fourth-order valence-corrected chi connectivity index (χ4v) is 2.84. The van der Waals surface area contributed by atoms with Crippen molar-refractivity contribution in [3.63, 3.8) is 0 Å². The van der Waals surface area contributed by atoms with Crippen molar-refractivity contribution in [1.29, 1.82) is 0 Å². The van der Waals surface area contributed by atoms with Gasteiger partial charge in [0, 0.05) is 12.1 Å². The van der Waals surface area contributed by atoms with Crippen LogP contribution in [-0.4, -0.2) is 26.3 Å². The van der Waals surface area contributed by atoms with Crippen LogP contribution in [0, 0.1) is 0 Å². The monoisotopic (exact) mass is 263 g/mol. The topological polar surface area (TPSA) is 30.5 Å². The molecule has 1 aliphatic rings. The first-order valence-electron chi connectivity index (χ1n) is 7.20. The lowest BCUT2D eigenvalue weighted by atomic mass is 9.95. The number of ether oxygens (including phenoxy) is 2. The third-order valence-electron chi connectivity index (χ3n) is 3.94. The molecule has 1 heterocycles.